The van der Waals surface area contributed by atoms with Gasteiger partial charge < -0.3 is 10.3 Å². The first-order valence-corrected chi connectivity index (χ1v) is 4.73. The van der Waals surface area contributed by atoms with Gasteiger partial charge in [-0.3, -0.25) is 0 Å². The topological polar surface area (TPSA) is 40.7 Å². The Bertz CT molecular complexity index is 457. The van der Waals surface area contributed by atoms with Gasteiger partial charge in [0, 0.05) is 10.5 Å². The van der Waals surface area contributed by atoms with Crippen LogP contribution in [0.3, 0.4) is 0 Å². The zero-order valence-electron chi connectivity index (χ0n) is 10.9. The molecule has 0 atom stereocenters. The first kappa shape index (κ1) is 6.19. The summed E-state index contributed by atoms with van der Waals surface area (Å²) in [5, 5.41) is 2.48. The fraction of sp³-hybridized carbons (Fsp3) is 0.364. The Morgan fingerprint density at radius 2 is 2.43 bits per heavy atom. The number of rotatable bonds is 4. The summed E-state index contributed by atoms with van der Waals surface area (Å²) in [5.41, 5.74) is 1.97. The van der Waals surface area contributed by atoms with Crippen molar-refractivity contribution in [3.63, 3.8) is 0 Å². The molecule has 0 radical (unpaired) electrons. The monoisotopic (exact) mass is 192 g/mol. The highest BCUT2D eigenvalue weighted by molar-refractivity contribution is 5.74. The van der Waals surface area contributed by atoms with E-state index in [0.29, 0.717) is 6.54 Å². The lowest BCUT2D eigenvalue weighted by Crippen LogP contribution is -2.08. The molecule has 1 heterocycles. The van der Waals surface area contributed by atoms with Crippen molar-refractivity contribution in [2.45, 2.75) is 12.8 Å². The molecule has 0 spiro atoms. The van der Waals surface area contributed by atoms with Gasteiger partial charge in [0.15, 0.2) is 0 Å². The largest absolute Gasteiger partial charge is 0.342 e. The summed E-state index contributed by atoms with van der Waals surface area (Å²) in [5.74, 6) is 0.901. The SMILES string of the molecule is [2H]C([2H])([2H])NCCCc1nc2ccccc2[nH]1. The molecule has 0 aliphatic rings. The second-order valence-corrected chi connectivity index (χ2v) is 3.23. The molecule has 0 amide bonds. The quantitative estimate of drug-likeness (QED) is 0.724. The van der Waals surface area contributed by atoms with Gasteiger partial charge in [-0.25, -0.2) is 4.98 Å². The van der Waals surface area contributed by atoms with Crippen molar-refractivity contribution in [2.75, 3.05) is 13.5 Å². The van der Waals surface area contributed by atoms with Crippen LogP contribution in [0.4, 0.5) is 0 Å². The summed E-state index contributed by atoms with van der Waals surface area (Å²) in [4.78, 5) is 7.64. The number of aryl methyl sites for hydroxylation is 1. The predicted molar refractivity (Wildman–Crippen MR) is 58.3 cm³/mol. The number of benzene rings is 1. The van der Waals surface area contributed by atoms with E-state index in [4.69, 9.17) is 4.11 Å². The van der Waals surface area contributed by atoms with E-state index in [1.807, 2.05) is 24.3 Å². The summed E-state index contributed by atoms with van der Waals surface area (Å²) in [6.45, 7) is -1.58. The van der Waals surface area contributed by atoms with E-state index >= 15 is 0 Å². The molecular formula is C11H15N3. The van der Waals surface area contributed by atoms with Gasteiger partial charge in [0.1, 0.15) is 5.82 Å². The molecular weight excluding hydrogens is 174 g/mol. The van der Waals surface area contributed by atoms with Crippen LogP contribution in [0.2, 0.25) is 0 Å². The van der Waals surface area contributed by atoms with Crippen LogP contribution in [-0.2, 0) is 6.42 Å². The number of nitrogens with one attached hydrogen (secondary N) is 2. The van der Waals surface area contributed by atoms with Gasteiger partial charge in [-0.2, -0.15) is 0 Å². The first-order valence-electron chi connectivity index (χ1n) is 6.23. The molecule has 0 aliphatic carbocycles. The van der Waals surface area contributed by atoms with Crippen LogP contribution in [0.15, 0.2) is 24.3 Å². The first-order chi connectivity index (χ1) is 8.04. The Labute approximate surface area is 87.8 Å². The van der Waals surface area contributed by atoms with E-state index in [-0.39, 0.29) is 0 Å². The highest BCUT2D eigenvalue weighted by Crippen LogP contribution is 2.10. The molecule has 0 fully saturated rings. The fourth-order valence-electron chi connectivity index (χ4n) is 1.47. The number of H-pyrrole nitrogens is 1. The average molecular weight is 192 g/mol. The zero-order valence-corrected chi connectivity index (χ0v) is 7.88. The molecule has 2 N–H and O–H groups in total. The lowest BCUT2D eigenvalue weighted by atomic mass is 10.3. The Balaban J connectivity index is 1.87. The number of imidazole rings is 1. The predicted octanol–water partition coefficient (Wildman–Crippen LogP) is 1.71. The highest BCUT2D eigenvalue weighted by Gasteiger charge is 2.00. The lowest BCUT2D eigenvalue weighted by Gasteiger charge is -1.95. The second-order valence-electron chi connectivity index (χ2n) is 3.23. The molecule has 74 valence electrons. The molecule has 2 rings (SSSR count). The lowest BCUT2D eigenvalue weighted by molar-refractivity contribution is 0.709. The molecule has 0 unspecified atom stereocenters. The number of aromatic amines is 1. The Hall–Kier alpha value is -1.35. The third kappa shape index (κ3) is 1.93. The van der Waals surface area contributed by atoms with E-state index in [9.17, 15) is 0 Å². The summed E-state index contributed by atoms with van der Waals surface area (Å²) < 4.78 is 21.0. The Morgan fingerprint density at radius 1 is 1.50 bits per heavy atom. The maximum Gasteiger partial charge on any atom is 0.107 e. The van der Waals surface area contributed by atoms with Crippen molar-refractivity contribution in [1.82, 2.24) is 15.3 Å². The standard InChI is InChI=1S/C11H15N3/c1-12-8-4-7-11-13-9-5-2-3-6-10(9)14-11/h2-3,5-6,12H,4,7-8H2,1H3,(H,13,14)/i1D3. The molecule has 1 aromatic heterocycles. The second kappa shape index (κ2) is 4.24. The van der Waals surface area contributed by atoms with Gasteiger partial charge in [-0.05, 0) is 32.1 Å². The summed E-state index contributed by atoms with van der Waals surface area (Å²) in [7, 11) is 0. The zero-order chi connectivity index (χ0) is 12.3. The normalized spacial score (nSPS) is 15.0. The maximum atomic E-state index is 7.00. The van der Waals surface area contributed by atoms with E-state index in [0.717, 1.165) is 29.7 Å². The van der Waals surface area contributed by atoms with Crippen LogP contribution < -0.4 is 5.32 Å². The molecule has 3 nitrogen and oxygen atoms in total. The van der Waals surface area contributed by atoms with Crippen LogP contribution in [0.5, 0.6) is 0 Å². The third-order valence-electron chi connectivity index (χ3n) is 2.15. The van der Waals surface area contributed by atoms with Crippen LogP contribution in [0, 0.1) is 0 Å². The molecule has 14 heavy (non-hydrogen) atoms. The van der Waals surface area contributed by atoms with Crippen LogP contribution >= 0.6 is 0 Å². The van der Waals surface area contributed by atoms with Gasteiger partial charge in [0.2, 0.25) is 0 Å². The van der Waals surface area contributed by atoms with Gasteiger partial charge in [0.25, 0.3) is 0 Å². The van der Waals surface area contributed by atoms with Crippen molar-refractivity contribution in [3.05, 3.63) is 30.1 Å². The van der Waals surface area contributed by atoms with Crippen molar-refractivity contribution < 1.29 is 4.11 Å². The molecule has 3 heteroatoms. The van der Waals surface area contributed by atoms with Gasteiger partial charge in [0.05, 0.1) is 11.0 Å². The fourth-order valence-corrected chi connectivity index (χ4v) is 1.47. The Morgan fingerprint density at radius 3 is 3.29 bits per heavy atom. The van der Waals surface area contributed by atoms with Crippen LogP contribution in [-0.4, -0.2) is 23.5 Å². The summed E-state index contributed by atoms with van der Waals surface area (Å²) in [6, 6.07) is 7.84. The number of hydrogen-bond acceptors (Lipinski definition) is 2. The highest BCUT2D eigenvalue weighted by atomic mass is 14.9. The third-order valence-corrected chi connectivity index (χ3v) is 2.15. The van der Waals surface area contributed by atoms with E-state index in [1.165, 1.54) is 0 Å². The summed E-state index contributed by atoms with van der Waals surface area (Å²) >= 11 is 0. The minimum Gasteiger partial charge on any atom is -0.342 e. The van der Waals surface area contributed by atoms with Crippen molar-refractivity contribution in [2.24, 2.45) is 0 Å². The molecule has 0 saturated heterocycles. The summed E-state index contributed by atoms with van der Waals surface area (Å²) in [6.07, 6.45) is 1.50. The average Bonchev–Trinajstić information content (AvgIpc) is 2.65. The number of hydrogen-bond donors (Lipinski definition) is 2. The maximum absolute atomic E-state index is 7.00. The number of para-hydroxylation sites is 2. The van der Waals surface area contributed by atoms with Crippen LogP contribution in [0.1, 0.15) is 16.4 Å². The van der Waals surface area contributed by atoms with Crippen molar-refractivity contribution in [1.29, 1.82) is 0 Å². The minimum absolute atomic E-state index is 0.466. The Kier molecular flexibility index (Phi) is 1.88. The van der Waals surface area contributed by atoms with Gasteiger partial charge >= 0.3 is 0 Å². The number of nitrogens with zero attached hydrogens (tertiary/aromatic N) is 1. The van der Waals surface area contributed by atoms with Crippen molar-refractivity contribution in [3.8, 4) is 0 Å². The van der Waals surface area contributed by atoms with Gasteiger partial charge in [-0.15, -0.1) is 0 Å². The van der Waals surface area contributed by atoms with E-state index in [2.05, 4.69) is 15.3 Å². The molecule has 0 saturated carbocycles. The van der Waals surface area contributed by atoms with Crippen LogP contribution in [0.25, 0.3) is 11.0 Å². The number of fused-ring (bicyclic) bond motifs is 1. The van der Waals surface area contributed by atoms with Gasteiger partial charge in [-0.1, -0.05) is 12.1 Å². The molecule has 1 aromatic carbocycles. The smallest absolute Gasteiger partial charge is 0.107 e. The molecule has 0 bridgehead atoms. The van der Waals surface area contributed by atoms with E-state index < -0.39 is 6.98 Å². The molecule has 0 aliphatic heterocycles. The molecule has 2 aromatic rings. The van der Waals surface area contributed by atoms with Crippen molar-refractivity contribution >= 4 is 11.0 Å². The number of aromatic nitrogens is 2. The van der Waals surface area contributed by atoms with E-state index in [1.54, 1.807) is 0 Å². The minimum atomic E-state index is -2.05.